The van der Waals surface area contributed by atoms with Crippen molar-refractivity contribution in [3.8, 4) is 17.6 Å². The van der Waals surface area contributed by atoms with Crippen molar-refractivity contribution in [3.63, 3.8) is 0 Å². The van der Waals surface area contributed by atoms with Crippen molar-refractivity contribution in [2.24, 2.45) is 5.41 Å². The van der Waals surface area contributed by atoms with Crippen LogP contribution in [0.4, 0.5) is 0 Å². The van der Waals surface area contributed by atoms with Gasteiger partial charge < -0.3 is 14.2 Å². The Balaban J connectivity index is 1.78. The van der Waals surface area contributed by atoms with Crippen LogP contribution in [0.25, 0.3) is 0 Å². The molecule has 2 aromatic rings. The molecule has 0 spiro atoms. The summed E-state index contributed by atoms with van der Waals surface area (Å²) in [5, 5.41) is 9.01. The fourth-order valence-electron chi connectivity index (χ4n) is 3.89. The molecule has 1 fully saturated rings. The molecule has 6 nitrogen and oxygen atoms in total. The molecule has 2 aliphatic rings. The molecule has 140 valence electrons. The van der Waals surface area contributed by atoms with Crippen molar-refractivity contribution in [2.75, 3.05) is 20.5 Å². The second-order valence-electron chi connectivity index (χ2n) is 6.95. The van der Waals surface area contributed by atoms with Gasteiger partial charge in [-0.15, -0.1) is 0 Å². The summed E-state index contributed by atoms with van der Waals surface area (Å²) in [5.41, 5.74) is 0.575. The summed E-state index contributed by atoms with van der Waals surface area (Å²) >= 11 is 0. The number of fused-ring (bicyclic) bond motifs is 1. The molecule has 0 saturated heterocycles. The number of nitriles is 1. The topological polar surface area (TPSA) is 85.6 Å². The number of benzene rings is 2. The number of sulfone groups is 1. The van der Waals surface area contributed by atoms with E-state index in [0.717, 1.165) is 11.1 Å². The minimum Gasteiger partial charge on any atom is -0.454 e. The van der Waals surface area contributed by atoms with Gasteiger partial charge in [0.1, 0.15) is 5.41 Å². The largest absolute Gasteiger partial charge is 0.454 e. The molecule has 0 bridgehead atoms. The lowest BCUT2D eigenvalue weighted by atomic mass is 10.0. The van der Waals surface area contributed by atoms with Crippen molar-refractivity contribution in [1.29, 1.82) is 5.26 Å². The molecule has 0 N–H and O–H groups in total. The first-order valence-electron chi connectivity index (χ1n) is 8.54. The molecule has 1 heterocycles. The number of methoxy groups -OCH3 is 1. The molecule has 0 radical (unpaired) electrons. The predicted octanol–water partition coefficient (Wildman–Crippen LogP) is 2.82. The van der Waals surface area contributed by atoms with Crippen LogP contribution in [0.1, 0.15) is 17.0 Å². The van der Waals surface area contributed by atoms with Crippen LogP contribution < -0.4 is 9.47 Å². The van der Waals surface area contributed by atoms with Gasteiger partial charge in [-0.2, -0.15) is 5.26 Å². The summed E-state index contributed by atoms with van der Waals surface area (Å²) < 4.78 is 42.6. The third-order valence-corrected chi connectivity index (χ3v) is 7.58. The van der Waals surface area contributed by atoms with Gasteiger partial charge in [0.05, 0.1) is 22.8 Å². The van der Waals surface area contributed by atoms with Crippen LogP contribution in [-0.4, -0.2) is 34.2 Å². The number of rotatable bonds is 5. The van der Waals surface area contributed by atoms with Crippen LogP contribution in [0.15, 0.2) is 47.4 Å². The van der Waals surface area contributed by atoms with Crippen LogP contribution in [-0.2, 0) is 14.6 Å². The van der Waals surface area contributed by atoms with Gasteiger partial charge in [-0.25, -0.2) is 8.42 Å². The van der Waals surface area contributed by atoms with Crippen molar-refractivity contribution in [3.05, 3.63) is 53.6 Å². The Morgan fingerprint density at radius 1 is 1.19 bits per heavy atom. The predicted molar refractivity (Wildman–Crippen MR) is 97.4 cm³/mol. The van der Waals surface area contributed by atoms with E-state index in [1.54, 1.807) is 42.5 Å². The Bertz CT molecular complexity index is 1030. The molecule has 1 aliphatic heterocycles. The molecule has 27 heavy (non-hydrogen) atoms. The number of hydrogen-bond acceptors (Lipinski definition) is 6. The zero-order chi connectivity index (χ0) is 19.2. The quantitative estimate of drug-likeness (QED) is 0.787. The minimum absolute atomic E-state index is 0.0400. The summed E-state index contributed by atoms with van der Waals surface area (Å²) in [6, 6.07) is 14.2. The molecule has 3 atom stereocenters. The van der Waals surface area contributed by atoms with E-state index < -0.39 is 26.4 Å². The third-order valence-electron chi connectivity index (χ3n) is 5.29. The minimum atomic E-state index is -3.71. The Hall–Kier alpha value is -2.56. The van der Waals surface area contributed by atoms with Crippen molar-refractivity contribution in [2.45, 2.75) is 23.0 Å². The van der Waals surface area contributed by atoms with E-state index in [-0.39, 0.29) is 18.3 Å². The van der Waals surface area contributed by atoms with E-state index in [4.69, 9.17) is 14.2 Å². The van der Waals surface area contributed by atoms with Gasteiger partial charge in [-0.1, -0.05) is 23.8 Å². The highest BCUT2D eigenvalue weighted by Gasteiger charge is 2.72. The number of ether oxygens (including phenoxy) is 3. The highest BCUT2D eigenvalue weighted by atomic mass is 32.2. The lowest BCUT2D eigenvalue weighted by molar-refractivity contribution is 0.162. The Labute approximate surface area is 158 Å². The summed E-state index contributed by atoms with van der Waals surface area (Å²) in [7, 11) is -2.23. The maximum Gasteiger partial charge on any atom is 0.231 e. The van der Waals surface area contributed by atoms with E-state index in [1.165, 1.54) is 7.11 Å². The van der Waals surface area contributed by atoms with Gasteiger partial charge in [0.25, 0.3) is 0 Å². The maximum absolute atomic E-state index is 13.3. The van der Waals surface area contributed by atoms with E-state index in [9.17, 15) is 13.7 Å². The maximum atomic E-state index is 13.3. The molecule has 0 unspecified atom stereocenters. The zero-order valence-electron chi connectivity index (χ0n) is 15.0. The van der Waals surface area contributed by atoms with Crippen LogP contribution >= 0.6 is 0 Å². The third kappa shape index (κ3) is 2.68. The first-order chi connectivity index (χ1) is 12.9. The molecule has 4 rings (SSSR count). The molecule has 1 saturated carbocycles. The van der Waals surface area contributed by atoms with Gasteiger partial charge in [0, 0.05) is 13.0 Å². The lowest BCUT2D eigenvalue weighted by Crippen LogP contribution is -2.19. The van der Waals surface area contributed by atoms with Crippen LogP contribution in [0, 0.1) is 23.7 Å². The van der Waals surface area contributed by atoms with E-state index in [2.05, 4.69) is 6.07 Å². The average Bonchev–Trinajstić information content (AvgIpc) is 3.10. The van der Waals surface area contributed by atoms with Gasteiger partial charge in [0.15, 0.2) is 21.3 Å². The molecular formula is C20H19NO5S. The van der Waals surface area contributed by atoms with Crippen LogP contribution in [0.5, 0.6) is 11.5 Å². The Kier molecular flexibility index (Phi) is 4.13. The van der Waals surface area contributed by atoms with Crippen molar-refractivity contribution < 1.29 is 22.6 Å². The Morgan fingerprint density at radius 3 is 2.56 bits per heavy atom. The lowest BCUT2D eigenvalue weighted by Gasteiger charge is -2.08. The standard InChI is InChI=1S/C20H19NO5S/c1-13-3-6-15(7-4-13)27(22,23)19-18(20(19,10-21)11-24-2)14-5-8-16-17(9-14)26-12-25-16/h3-9,18-19H,11-12H2,1-2H3/t18-,19-,20-/m0/s1. The fourth-order valence-corrected chi connectivity index (χ4v) is 6.20. The fraction of sp³-hybridized carbons (Fsp3) is 0.350. The smallest absolute Gasteiger partial charge is 0.231 e. The summed E-state index contributed by atoms with van der Waals surface area (Å²) in [6.45, 7) is 2.07. The van der Waals surface area contributed by atoms with Crippen LogP contribution in [0.2, 0.25) is 0 Å². The van der Waals surface area contributed by atoms with Gasteiger partial charge >= 0.3 is 0 Å². The van der Waals surface area contributed by atoms with E-state index in [1.807, 2.05) is 6.92 Å². The molecule has 0 amide bonds. The number of nitrogens with zero attached hydrogens (tertiary/aromatic N) is 1. The molecular weight excluding hydrogens is 366 g/mol. The monoisotopic (exact) mass is 385 g/mol. The number of aryl methyl sites for hydroxylation is 1. The van der Waals surface area contributed by atoms with Gasteiger partial charge in [0.2, 0.25) is 6.79 Å². The Morgan fingerprint density at radius 2 is 1.89 bits per heavy atom. The van der Waals surface area contributed by atoms with Crippen molar-refractivity contribution >= 4 is 9.84 Å². The van der Waals surface area contributed by atoms with Gasteiger partial charge in [-0.05, 0) is 36.8 Å². The highest BCUT2D eigenvalue weighted by Crippen LogP contribution is 2.64. The normalized spacial score (nSPS) is 25.8. The second kappa shape index (κ2) is 6.25. The average molecular weight is 385 g/mol. The molecule has 2 aromatic carbocycles. The number of hydrogen-bond donors (Lipinski definition) is 0. The summed E-state index contributed by atoms with van der Waals surface area (Å²) in [5.74, 6) is 0.685. The molecule has 7 heteroatoms. The summed E-state index contributed by atoms with van der Waals surface area (Å²) in [4.78, 5) is 0.220. The highest BCUT2D eigenvalue weighted by molar-refractivity contribution is 7.92. The van der Waals surface area contributed by atoms with Crippen molar-refractivity contribution in [1.82, 2.24) is 0 Å². The zero-order valence-corrected chi connectivity index (χ0v) is 15.8. The first-order valence-corrected chi connectivity index (χ1v) is 10.1. The molecule has 1 aliphatic carbocycles. The second-order valence-corrected chi connectivity index (χ2v) is 9.02. The summed E-state index contributed by atoms with van der Waals surface area (Å²) in [6.07, 6.45) is 0. The molecule has 0 aromatic heterocycles. The van der Waals surface area contributed by atoms with E-state index >= 15 is 0 Å². The van der Waals surface area contributed by atoms with Crippen LogP contribution in [0.3, 0.4) is 0 Å². The SMILES string of the molecule is COC[C@@]1(C#N)[C@@H](c2ccc3c(c2)OCO3)[C@@H]1S(=O)(=O)c1ccc(C)cc1. The van der Waals surface area contributed by atoms with Gasteiger partial charge in [-0.3, -0.25) is 0 Å². The first kappa shape index (κ1) is 17.8. The van der Waals surface area contributed by atoms with E-state index in [0.29, 0.717) is 11.5 Å².